The van der Waals surface area contributed by atoms with Gasteiger partial charge in [0.2, 0.25) is 0 Å². The van der Waals surface area contributed by atoms with Gasteiger partial charge in [0.05, 0.1) is 0 Å². The number of hydrogen-bond acceptors (Lipinski definition) is 2. The monoisotopic (exact) mass is 280 g/mol. The summed E-state index contributed by atoms with van der Waals surface area (Å²) in [5.74, 6) is -0.280. The summed E-state index contributed by atoms with van der Waals surface area (Å²) in [7, 11) is 0. The number of rotatable bonds is 5. The molecule has 0 spiro atoms. The van der Waals surface area contributed by atoms with Crippen LogP contribution in [0.1, 0.15) is 39.7 Å². The van der Waals surface area contributed by atoms with Crippen molar-refractivity contribution in [2.24, 2.45) is 0 Å². The molecule has 4 heteroatoms. The molecule has 1 rings (SSSR count). The van der Waals surface area contributed by atoms with E-state index in [0.717, 1.165) is 12.0 Å². The number of hydrogen-bond donors (Lipinski definition) is 0. The van der Waals surface area contributed by atoms with Crippen molar-refractivity contribution in [2.75, 3.05) is 6.54 Å². The summed E-state index contributed by atoms with van der Waals surface area (Å²) in [6.07, 6.45) is 2.53. The van der Waals surface area contributed by atoms with Crippen LogP contribution in [-0.2, 0) is 11.3 Å². The predicted octanol–water partition coefficient (Wildman–Crippen LogP) is 4.18. The standard InChI is InChI=1S/C16H23FNO2/c1-5-6-11-18(15(19)20-16(2,3)4)12-13-7-9-14(17)10-8-13/h6-10H,5,11-12H2,1-4H3. The van der Waals surface area contributed by atoms with Gasteiger partial charge in [0.15, 0.2) is 0 Å². The van der Waals surface area contributed by atoms with Crippen molar-refractivity contribution in [2.45, 2.75) is 46.3 Å². The summed E-state index contributed by atoms with van der Waals surface area (Å²) in [6.45, 7) is 8.46. The highest BCUT2D eigenvalue weighted by molar-refractivity contribution is 5.68. The maximum atomic E-state index is 12.9. The van der Waals surface area contributed by atoms with E-state index in [9.17, 15) is 9.18 Å². The molecule has 1 aromatic rings. The smallest absolute Gasteiger partial charge is 0.410 e. The van der Waals surface area contributed by atoms with Crippen LogP contribution in [0.2, 0.25) is 0 Å². The van der Waals surface area contributed by atoms with E-state index < -0.39 is 5.60 Å². The molecule has 111 valence electrons. The number of halogens is 1. The van der Waals surface area contributed by atoms with Gasteiger partial charge < -0.3 is 9.64 Å². The lowest BCUT2D eigenvalue weighted by molar-refractivity contribution is 0.0249. The molecule has 1 amide bonds. The molecule has 1 aromatic carbocycles. The third-order valence-electron chi connectivity index (χ3n) is 2.58. The third-order valence-corrected chi connectivity index (χ3v) is 2.58. The molecule has 0 unspecified atom stereocenters. The number of benzene rings is 1. The minimum Gasteiger partial charge on any atom is -0.444 e. The zero-order valence-corrected chi connectivity index (χ0v) is 12.6. The van der Waals surface area contributed by atoms with Crippen molar-refractivity contribution < 1.29 is 13.9 Å². The molecule has 0 aliphatic rings. The maximum absolute atomic E-state index is 12.9. The Bertz CT molecular complexity index is 423. The predicted molar refractivity (Wildman–Crippen MR) is 77.6 cm³/mol. The molecule has 0 N–H and O–H groups in total. The molecule has 0 heterocycles. The Morgan fingerprint density at radius 3 is 2.40 bits per heavy atom. The van der Waals surface area contributed by atoms with Crippen molar-refractivity contribution in [1.29, 1.82) is 0 Å². The molecule has 0 bridgehead atoms. The van der Waals surface area contributed by atoms with E-state index in [-0.39, 0.29) is 11.9 Å². The van der Waals surface area contributed by atoms with Gasteiger partial charge in [-0.3, -0.25) is 0 Å². The molecule has 20 heavy (non-hydrogen) atoms. The Kier molecular flexibility index (Phi) is 5.99. The molecular formula is C16H23FNO2. The summed E-state index contributed by atoms with van der Waals surface area (Å²) < 4.78 is 18.3. The number of ether oxygens (including phenoxy) is 1. The molecule has 3 nitrogen and oxygen atoms in total. The molecule has 0 aliphatic heterocycles. The van der Waals surface area contributed by atoms with Crippen LogP contribution < -0.4 is 0 Å². The Balaban J connectivity index is 2.73. The van der Waals surface area contributed by atoms with Gasteiger partial charge in [0, 0.05) is 13.1 Å². The molecule has 0 aromatic heterocycles. The Hall–Kier alpha value is -1.58. The molecule has 0 aliphatic carbocycles. The van der Waals surface area contributed by atoms with E-state index in [4.69, 9.17) is 4.74 Å². The van der Waals surface area contributed by atoms with Crippen molar-refractivity contribution in [3.63, 3.8) is 0 Å². The summed E-state index contributed by atoms with van der Waals surface area (Å²) >= 11 is 0. The van der Waals surface area contributed by atoms with Crippen molar-refractivity contribution >= 4 is 6.09 Å². The number of carbonyl (C=O) groups excluding carboxylic acids is 1. The van der Waals surface area contributed by atoms with Gasteiger partial charge in [-0.2, -0.15) is 0 Å². The van der Waals surface area contributed by atoms with Crippen LogP contribution in [0, 0.1) is 12.2 Å². The first-order valence-electron chi connectivity index (χ1n) is 6.86. The zero-order chi connectivity index (χ0) is 15.2. The Morgan fingerprint density at radius 2 is 1.90 bits per heavy atom. The van der Waals surface area contributed by atoms with E-state index in [1.54, 1.807) is 17.0 Å². The second-order valence-electron chi connectivity index (χ2n) is 5.68. The number of amides is 1. The fraction of sp³-hybridized carbons (Fsp3) is 0.500. The number of carbonyl (C=O) groups is 1. The van der Waals surface area contributed by atoms with E-state index in [1.165, 1.54) is 12.1 Å². The van der Waals surface area contributed by atoms with Crippen LogP contribution in [0.5, 0.6) is 0 Å². The molecule has 0 atom stereocenters. The van der Waals surface area contributed by atoms with E-state index in [1.807, 2.05) is 34.1 Å². The minimum atomic E-state index is -0.523. The van der Waals surface area contributed by atoms with Crippen LogP contribution in [0.15, 0.2) is 24.3 Å². The Labute approximate surface area is 120 Å². The highest BCUT2D eigenvalue weighted by Crippen LogP contribution is 2.13. The van der Waals surface area contributed by atoms with Crippen molar-refractivity contribution in [3.05, 3.63) is 42.1 Å². The van der Waals surface area contributed by atoms with Crippen LogP contribution in [-0.4, -0.2) is 23.1 Å². The normalized spacial score (nSPS) is 11.2. The molecule has 0 fully saturated rings. The minimum absolute atomic E-state index is 0.280. The van der Waals surface area contributed by atoms with Crippen molar-refractivity contribution in [3.8, 4) is 0 Å². The summed E-state index contributed by atoms with van der Waals surface area (Å²) in [5.41, 5.74) is 0.353. The van der Waals surface area contributed by atoms with E-state index >= 15 is 0 Å². The largest absolute Gasteiger partial charge is 0.444 e. The van der Waals surface area contributed by atoms with Crippen LogP contribution in [0.3, 0.4) is 0 Å². The van der Waals surface area contributed by atoms with E-state index in [0.29, 0.717) is 13.1 Å². The first kappa shape index (κ1) is 16.5. The fourth-order valence-electron chi connectivity index (χ4n) is 1.63. The quantitative estimate of drug-likeness (QED) is 0.810. The molecular weight excluding hydrogens is 257 g/mol. The molecule has 0 saturated carbocycles. The lowest BCUT2D eigenvalue weighted by Gasteiger charge is -2.27. The van der Waals surface area contributed by atoms with Gasteiger partial charge in [0.25, 0.3) is 0 Å². The van der Waals surface area contributed by atoms with Gasteiger partial charge in [-0.05, 0) is 44.9 Å². The third kappa shape index (κ3) is 6.04. The average Bonchev–Trinajstić information content (AvgIpc) is 2.34. The summed E-state index contributed by atoms with van der Waals surface area (Å²) in [5, 5.41) is 0. The lowest BCUT2D eigenvalue weighted by Crippen LogP contribution is -2.37. The topological polar surface area (TPSA) is 29.5 Å². The van der Waals surface area contributed by atoms with Gasteiger partial charge in [-0.25, -0.2) is 9.18 Å². The highest BCUT2D eigenvalue weighted by atomic mass is 19.1. The first-order chi connectivity index (χ1) is 9.31. The van der Waals surface area contributed by atoms with Gasteiger partial charge >= 0.3 is 6.09 Å². The SMILES string of the molecule is CC[CH]CN(Cc1ccc(F)cc1)C(=O)OC(C)(C)C. The summed E-state index contributed by atoms with van der Waals surface area (Å²) in [6, 6.07) is 6.15. The highest BCUT2D eigenvalue weighted by Gasteiger charge is 2.21. The second-order valence-corrected chi connectivity index (χ2v) is 5.68. The van der Waals surface area contributed by atoms with Gasteiger partial charge in [-0.1, -0.05) is 25.5 Å². The summed E-state index contributed by atoms with van der Waals surface area (Å²) in [4.78, 5) is 13.8. The van der Waals surface area contributed by atoms with Crippen LogP contribution >= 0.6 is 0 Å². The second kappa shape index (κ2) is 7.27. The van der Waals surface area contributed by atoms with Crippen LogP contribution in [0.25, 0.3) is 0 Å². The fourth-order valence-corrected chi connectivity index (χ4v) is 1.63. The Morgan fingerprint density at radius 1 is 1.30 bits per heavy atom. The number of unbranched alkanes of at least 4 members (excludes halogenated alkanes) is 1. The van der Waals surface area contributed by atoms with E-state index in [2.05, 4.69) is 0 Å². The first-order valence-corrected chi connectivity index (χ1v) is 6.86. The van der Waals surface area contributed by atoms with Crippen LogP contribution in [0.4, 0.5) is 9.18 Å². The zero-order valence-electron chi connectivity index (χ0n) is 12.6. The number of nitrogens with zero attached hydrogens (tertiary/aromatic N) is 1. The molecule has 0 saturated heterocycles. The average molecular weight is 280 g/mol. The maximum Gasteiger partial charge on any atom is 0.410 e. The van der Waals surface area contributed by atoms with Gasteiger partial charge in [-0.15, -0.1) is 0 Å². The molecule has 1 radical (unpaired) electrons. The van der Waals surface area contributed by atoms with Gasteiger partial charge in [0.1, 0.15) is 11.4 Å². The van der Waals surface area contributed by atoms with Crippen molar-refractivity contribution in [1.82, 2.24) is 4.90 Å². The lowest BCUT2D eigenvalue weighted by atomic mass is 10.2.